The average Bonchev–Trinajstić information content (AvgIpc) is 3.06. The fourth-order valence-electron chi connectivity index (χ4n) is 2.08. The Morgan fingerprint density at radius 3 is 2.61 bits per heavy atom. The Balaban J connectivity index is 1.67. The molecule has 3 rings (SSSR count). The normalized spacial score (nSPS) is 10.8. The SMILES string of the molecule is Cc1ccc(-c2cc(C(=O)N/N=C\c3ccccc3)[nH]n2)cc1. The number of benzene rings is 2. The Morgan fingerprint density at radius 1 is 1.13 bits per heavy atom. The number of hydrogen-bond acceptors (Lipinski definition) is 3. The van der Waals surface area contributed by atoms with Gasteiger partial charge in [0.2, 0.25) is 0 Å². The lowest BCUT2D eigenvalue weighted by atomic mass is 10.1. The van der Waals surface area contributed by atoms with Crippen molar-refractivity contribution in [1.29, 1.82) is 0 Å². The molecule has 114 valence electrons. The van der Waals surface area contributed by atoms with E-state index in [9.17, 15) is 4.79 Å². The third-order valence-electron chi connectivity index (χ3n) is 3.35. The first-order chi connectivity index (χ1) is 11.2. The number of aryl methyl sites for hydroxylation is 1. The second-order valence-corrected chi connectivity index (χ2v) is 5.14. The van der Waals surface area contributed by atoms with E-state index in [1.165, 1.54) is 5.56 Å². The minimum absolute atomic E-state index is 0.331. The summed E-state index contributed by atoms with van der Waals surface area (Å²) < 4.78 is 0. The highest BCUT2D eigenvalue weighted by Gasteiger charge is 2.10. The van der Waals surface area contributed by atoms with Crippen molar-refractivity contribution in [1.82, 2.24) is 15.6 Å². The predicted molar refractivity (Wildman–Crippen MR) is 90.3 cm³/mol. The molecule has 0 aliphatic heterocycles. The molecule has 5 heteroatoms. The van der Waals surface area contributed by atoms with Gasteiger partial charge in [-0.2, -0.15) is 10.2 Å². The molecule has 1 heterocycles. The van der Waals surface area contributed by atoms with Crippen LogP contribution in [0, 0.1) is 6.92 Å². The van der Waals surface area contributed by atoms with Crippen LogP contribution in [0.1, 0.15) is 21.6 Å². The summed E-state index contributed by atoms with van der Waals surface area (Å²) in [4.78, 5) is 12.0. The van der Waals surface area contributed by atoms with Gasteiger partial charge in [-0.3, -0.25) is 9.89 Å². The molecule has 0 atom stereocenters. The lowest BCUT2D eigenvalue weighted by Crippen LogP contribution is -2.17. The predicted octanol–water partition coefficient (Wildman–Crippen LogP) is 3.15. The van der Waals surface area contributed by atoms with Crippen LogP contribution in [0.4, 0.5) is 0 Å². The van der Waals surface area contributed by atoms with Crippen LogP contribution in [0.3, 0.4) is 0 Å². The molecule has 5 nitrogen and oxygen atoms in total. The molecule has 0 aliphatic rings. The molecule has 0 saturated carbocycles. The van der Waals surface area contributed by atoms with Gasteiger partial charge in [0, 0.05) is 5.56 Å². The molecular formula is C18H16N4O. The van der Waals surface area contributed by atoms with E-state index < -0.39 is 0 Å². The molecule has 0 bridgehead atoms. The number of hydrazone groups is 1. The smallest absolute Gasteiger partial charge is 0.272 e. The van der Waals surface area contributed by atoms with E-state index in [2.05, 4.69) is 20.7 Å². The van der Waals surface area contributed by atoms with Crippen LogP contribution in [0.2, 0.25) is 0 Å². The lowest BCUT2D eigenvalue weighted by molar-refractivity contribution is 0.0950. The number of hydrogen-bond donors (Lipinski definition) is 2. The van der Waals surface area contributed by atoms with E-state index in [0.717, 1.165) is 16.8 Å². The van der Waals surface area contributed by atoms with Crippen molar-refractivity contribution in [2.24, 2.45) is 5.10 Å². The van der Waals surface area contributed by atoms with Gasteiger partial charge in [0.15, 0.2) is 0 Å². The summed E-state index contributed by atoms with van der Waals surface area (Å²) >= 11 is 0. The number of nitrogens with zero attached hydrogens (tertiary/aromatic N) is 2. The van der Waals surface area contributed by atoms with Crippen LogP contribution >= 0.6 is 0 Å². The Bertz CT molecular complexity index is 820. The maximum atomic E-state index is 12.0. The second kappa shape index (κ2) is 6.70. The zero-order chi connectivity index (χ0) is 16.1. The van der Waals surface area contributed by atoms with Crippen LogP contribution in [-0.2, 0) is 0 Å². The van der Waals surface area contributed by atoms with Crippen molar-refractivity contribution >= 4 is 12.1 Å². The minimum Gasteiger partial charge on any atom is -0.272 e. The number of nitrogens with one attached hydrogen (secondary N) is 2. The van der Waals surface area contributed by atoms with Crippen LogP contribution in [0.15, 0.2) is 65.8 Å². The van der Waals surface area contributed by atoms with Crippen molar-refractivity contribution < 1.29 is 4.79 Å². The molecule has 0 fully saturated rings. The van der Waals surface area contributed by atoms with E-state index in [-0.39, 0.29) is 5.91 Å². The van der Waals surface area contributed by atoms with Crippen molar-refractivity contribution in [3.8, 4) is 11.3 Å². The summed E-state index contributed by atoms with van der Waals surface area (Å²) in [5.74, 6) is -0.331. The van der Waals surface area contributed by atoms with Gasteiger partial charge < -0.3 is 0 Å². The van der Waals surface area contributed by atoms with Gasteiger partial charge in [-0.05, 0) is 18.6 Å². The highest BCUT2D eigenvalue weighted by atomic mass is 16.2. The molecule has 2 N–H and O–H groups in total. The first kappa shape index (κ1) is 14.7. The molecule has 0 spiro atoms. The highest BCUT2D eigenvalue weighted by Crippen LogP contribution is 2.18. The number of rotatable bonds is 4. The van der Waals surface area contributed by atoms with E-state index in [1.807, 2.05) is 61.5 Å². The first-order valence-electron chi connectivity index (χ1n) is 7.23. The Hall–Kier alpha value is -3.21. The van der Waals surface area contributed by atoms with Gasteiger partial charge in [-0.15, -0.1) is 0 Å². The second-order valence-electron chi connectivity index (χ2n) is 5.14. The third-order valence-corrected chi connectivity index (χ3v) is 3.35. The molecule has 0 aliphatic carbocycles. The van der Waals surface area contributed by atoms with Gasteiger partial charge in [0.05, 0.1) is 11.9 Å². The van der Waals surface area contributed by atoms with Crippen LogP contribution in [-0.4, -0.2) is 22.3 Å². The summed E-state index contributed by atoms with van der Waals surface area (Å²) in [6.07, 6.45) is 1.59. The zero-order valence-corrected chi connectivity index (χ0v) is 12.7. The fourth-order valence-corrected chi connectivity index (χ4v) is 2.08. The number of amides is 1. The summed E-state index contributed by atoms with van der Waals surface area (Å²) in [6.45, 7) is 2.03. The van der Waals surface area contributed by atoms with Crippen LogP contribution in [0.5, 0.6) is 0 Å². The standard InChI is InChI=1S/C18H16N4O/c1-13-7-9-15(10-8-13)16-11-17(21-20-16)18(23)22-19-12-14-5-3-2-4-6-14/h2-12H,1H3,(H,20,21)(H,22,23)/b19-12-. The number of aromatic nitrogens is 2. The molecule has 23 heavy (non-hydrogen) atoms. The molecule has 0 unspecified atom stereocenters. The summed E-state index contributed by atoms with van der Waals surface area (Å²) in [7, 11) is 0. The molecule has 2 aromatic carbocycles. The highest BCUT2D eigenvalue weighted by molar-refractivity contribution is 5.94. The van der Waals surface area contributed by atoms with Gasteiger partial charge >= 0.3 is 0 Å². The van der Waals surface area contributed by atoms with Crippen LogP contribution < -0.4 is 5.43 Å². The topological polar surface area (TPSA) is 70.1 Å². The van der Waals surface area contributed by atoms with E-state index in [1.54, 1.807) is 12.3 Å². The molecule has 1 aromatic heterocycles. The number of aromatic amines is 1. The van der Waals surface area contributed by atoms with E-state index in [4.69, 9.17) is 0 Å². The van der Waals surface area contributed by atoms with Crippen LogP contribution in [0.25, 0.3) is 11.3 Å². The summed E-state index contributed by atoms with van der Waals surface area (Å²) in [6, 6.07) is 19.2. The maximum Gasteiger partial charge on any atom is 0.289 e. The molecule has 3 aromatic rings. The quantitative estimate of drug-likeness (QED) is 0.574. The Kier molecular flexibility index (Phi) is 4.29. The van der Waals surface area contributed by atoms with Gasteiger partial charge in [0.25, 0.3) is 5.91 Å². The number of carbonyl (C=O) groups excluding carboxylic acids is 1. The molecule has 1 amide bonds. The maximum absolute atomic E-state index is 12.0. The zero-order valence-electron chi connectivity index (χ0n) is 12.7. The van der Waals surface area contributed by atoms with Gasteiger partial charge in [-0.1, -0.05) is 60.2 Å². The summed E-state index contributed by atoms with van der Waals surface area (Å²) in [5.41, 5.74) is 6.62. The monoisotopic (exact) mass is 304 g/mol. The molecule has 0 saturated heterocycles. The van der Waals surface area contributed by atoms with Gasteiger partial charge in [-0.25, -0.2) is 5.43 Å². The van der Waals surface area contributed by atoms with Crippen molar-refractivity contribution in [3.63, 3.8) is 0 Å². The van der Waals surface area contributed by atoms with E-state index in [0.29, 0.717) is 5.69 Å². The molecule has 0 radical (unpaired) electrons. The lowest BCUT2D eigenvalue weighted by Gasteiger charge is -1.96. The average molecular weight is 304 g/mol. The molecular weight excluding hydrogens is 288 g/mol. The summed E-state index contributed by atoms with van der Waals surface area (Å²) in [5, 5.41) is 10.8. The number of H-pyrrole nitrogens is 1. The minimum atomic E-state index is -0.331. The van der Waals surface area contributed by atoms with Crippen molar-refractivity contribution in [2.45, 2.75) is 6.92 Å². The van der Waals surface area contributed by atoms with Crippen molar-refractivity contribution in [2.75, 3.05) is 0 Å². The first-order valence-corrected chi connectivity index (χ1v) is 7.23. The van der Waals surface area contributed by atoms with Gasteiger partial charge in [0.1, 0.15) is 5.69 Å². The Morgan fingerprint density at radius 2 is 1.87 bits per heavy atom. The number of carbonyl (C=O) groups is 1. The Labute approximate surface area is 134 Å². The fraction of sp³-hybridized carbons (Fsp3) is 0.0556. The van der Waals surface area contributed by atoms with Crippen molar-refractivity contribution in [3.05, 3.63) is 77.5 Å². The third kappa shape index (κ3) is 3.71. The van der Waals surface area contributed by atoms with E-state index >= 15 is 0 Å². The largest absolute Gasteiger partial charge is 0.289 e.